The van der Waals surface area contributed by atoms with Crippen molar-refractivity contribution in [3.63, 3.8) is 0 Å². The van der Waals surface area contributed by atoms with Gasteiger partial charge < -0.3 is 41.1 Å². The van der Waals surface area contributed by atoms with Crippen molar-refractivity contribution in [3.05, 3.63) is 454 Å². The lowest BCUT2D eigenvalue weighted by Crippen LogP contribution is -2.23. The summed E-state index contributed by atoms with van der Waals surface area (Å²) >= 11 is 0. The molecule has 20 aromatic carbocycles. The summed E-state index contributed by atoms with van der Waals surface area (Å²) in [6.45, 7) is 0. The van der Waals surface area contributed by atoms with E-state index in [1.54, 1.807) is 0 Å². The van der Waals surface area contributed by atoms with Gasteiger partial charge in [0.15, 0.2) is 0 Å². The van der Waals surface area contributed by atoms with Crippen molar-refractivity contribution in [2.45, 2.75) is 12.4 Å². The first kappa shape index (κ1) is 77.9. The van der Waals surface area contributed by atoms with Gasteiger partial charge in [-0.15, -0.1) is 0 Å². The average molecular weight is 1780 g/mol. The summed E-state index contributed by atoms with van der Waals surface area (Å²) in [6, 6.07) is 146. The van der Waals surface area contributed by atoms with Gasteiger partial charge in [-0.05, 0) is 115 Å². The molecule has 0 saturated carbocycles. The molecule has 29 rings (SSSR count). The van der Waals surface area contributed by atoms with Crippen molar-refractivity contribution < 1.29 is 26.3 Å². The summed E-state index contributed by atoms with van der Waals surface area (Å²) in [5.41, 5.74) is 14.0. The minimum atomic E-state index is -5.00. The first-order chi connectivity index (χ1) is 67.4. The summed E-state index contributed by atoms with van der Waals surface area (Å²) in [6.07, 6.45) is -9.88. The van der Waals surface area contributed by atoms with Crippen molar-refractivity contribution in [1.29, 1.82) is 0 Å². The van der Waals surface area contributed by atoms with Crippen molar-refractivity contribution in [2.75, 3.05) is 0 Å². The summed E-state index contributed by atoms with van der Waals surface area (Å²) in [5, 5.41) is 16.3. The number of para-hydroxylation sites is 18. The Balaban J connectivity index is 0.000000138. The number of fused-ring (bicyclic) bond motifs is 27. The van der Waals surface area contributed by atoms with E-state index in [1.165, 1.54) is 0 Å². The molecule has 0 fully saturated rings. The molecule has 0 aliphatic carbocycles. The van der Waals surface area contributed by atoms with Gasteiger partial charge in [0, 0.05) is 97.0 Å². The second-order valence-electron chi connectivity index (χ2n) is 35.4. The average Bonchev–Trinajstić information content (AvgIpc) is 1.53. The molecule has 0 aliphatic rings. The maximum atomic E-state index is 18.5. The quantitative estimate of drug-likeness (QED) is 0.129. The van der Waals surface area contributed by atoms with Gasteiger partial charge in [0.05, 0.1) is 150 Å². The van der Waals surface area contributed by atoms with Crippen LogP contribution < -0.4 is 0 Å². The van der Waals surface area contributed by atoms with Crippen molar-refractivity contribution >= 4 is 196 Å². The molecule has 0 unspecified atom stereocenters. The fourth-order valence-corrected chi connectivity index (χ4v) is 23.2. The zero-order valence-corrected chi connectivity index (χ0v) is 72.9. The van der Waals surface area contributed by atoms with Crippen LogP contribution >= 0.6 is 0 Å². The van der Waals surface area contributed by atoms with Crippen LogP contribution in [0.4, 0.5) is 26.3 Å². The molecule has 9 heterocycles. The van der Waals surface area contributed by atoms with Gasteiger partial charge in [0.25, 0.3) is 0 Å². The molecule has 29 aromatic rings. The highest BCUT2D eigenvalue weighted by molar-refractivity contribution is 6.21. The van der Waals surface area contributed by atoms with Gasteiger partial charge in [-0.1, -0.05) is 328 Å². The minimum absolute atomic E-state index is 0.00430. The zero-order valence-electron chi connectivity index (χ0n) is 72.9. The Bertz CT molecular complexity index is 9230. The van der Waals surface area contributed by atoms with Crippen LogP contribution in [0.15, 0.2) is 443 Å². The SMILES string of the molecule is FC(F)(F)c1c(-n2c3ccccc3c3ccccc32)c(-n2c3ccccc3c3ccccc32)c(-n2c3ccccc3c3ccccc32)c(-n2c3ccccc3c3ccccc32)c1-n1c2ccccc2c2ccccc21.FC(F)(F)c1c(-n2c3ccccc3c3ccccc32)c(-n2c3ccccc3c3ccccc32)cc(-n2c3ccccc3c3ccccc32)c1-n1c2ccccc2c2ccccc21. The van der Waals surface area contributed by atoms with Crippen molar-refractivity contribution in [2.24, 2.45) is 0 Å². The predicted octanol–water partition coefficient (Wildman–Crippen LogP) is 33.3. The van der Waals surface area contributed by atoms with E-state index in [-0.39, 0.29) is 22.7 Å². The molecule has 9 nitrogen and oxygen atoms in total. The number of halogens is 6. The van der Waals surface area contributed by atoms with E-state index in [9.17, 15) is 0 Å². The summed E-state index contributed by atoms with van der Waals surface area (Å²) in [7, 11) is 0. The van der Waals surface area contributed by atoms with Crippen LogP contribution in [-0.2, 0) is 12.4 Å². The molecule has 0 N–H and O–H groups in total. The molecular weight excluding hydrogens is 1710 g/mol. The fraction of sp³-hybridized carbons (Fsp3) is 0.0164. The number of rotatable bonds is 9. The van der Waals surface area contributed by atoms with E-state index in [1.807, 2.05) is 373 Å². The third kappa shape index (κ3) is 11.0. The van der Waals surface area contributed by atoms with E-state index in [2.05, 4.69) is 111 Å². The maximum Gasteiger partial charge on any atom is 0.420 e. The monoisotopic (exact) mass is 1780 g/mol. The van der Waals surface area contributed by atoms with Crippen LogP contribution in [0.25, 0.3) is 247 Å². The van der Waals surface area contributed by atoms with Gasteiger partial charge in [-0.2, -0.15) is 26.3 Å². The molecule has 0 aliphatic heterocycles. The summed E-state index contributed by atoms with van der Waals surface area (Å²) < 4.78 is 126. The Labute approximate surface area is 776 Å². The largest absolute Gasteiger partial charge is 0.420 e. The van der Waals surface area contributed by atoms with Gasteiger partial charge in [-0.25, -0.2) is 0 Å². The molecule has 0 bridgehead atoms. The topological polar surface area (TPSA) is 44.4 Å². The number of hydrogen-bond acceptors (Lipinski definition) is 0. The van der Waals surface area contributed by atoms with Crippen LogP contribution in [0, 0.1) is 0 Å². The van der Waals surface area contributed by atoms with Crippen molar-refractivity contribution in [1.82, 2.24) is 41.1 Å². The summed E-state index contributed by atoms with van der Waals surface area (Å²) in [5.74, 6) is 0. The highest BCUT2D eigenvalue weighted by Crippen LogP contribution is 2.58. The van der Waals surface area contributed by atoms with Crippen LogP contribution in [0.5, 0.6) is 0 Å². The molecule has 9 aromatic heterocycles. The Kier molecular flexibility index (Phi) is 16.7. The first-order valence-corrected chi connectivity index (χ1v) is 45.9. The van der Waals surface area contributed by atoms with Gasteiger partial charge in [-0.3, -0.25) is 0 Å². The van der Waals surface area contributed by atoms with E-state index < -0.39 is 23.5 Å². The predicted molar refractivity (Wildman–Crippen MR) is 552 cm³/mol. The maximum absolute atomic E-state index is 18.5. The van der Waals surface area contributed by atoms with Crippen LogP contribution in [-0.4, -0.2) is 41.1 Å². The van der Waals surface area contributed by atoms with E-state index >= 15 is 26.3 Å². The van der Waals surface area contributed by atoms with Crippen LogP contribution in [0.2, 0.25) is 0 Å². The van der Waals surface area contributed by atoms with Crippen LogP contribution in [0.3, 0.4) is 0 Å². The van der Waals surface area contributed by atoms with Crippen molar-refractivity contribution in [3.8, 4) is 51.2 Å². The normalized spacial score (nSPS) is 12.5. The van der Waals surface area contributed by atoms with E-state index in [0.29, 0.717) is 72.6 Å². The van der Waals surface area contributed by atoms with E-state index in [4.69, 9.17) is 0 Å². The molecule has 0 saturated heterocycles. The summed E-state index contributed by atoms with van der Waals surface area (Å²) in [4.78, 5) is 0. The number of aromatic nitrogens is 9. The lowest BCUT2D eigenvalue weighted by molar-refractivity contribution is -0.138. The molecule has 0 atom stereocenters. The van der Waals surface area contributed by atoms with Gasteiger partial charge in [0.1, 0.15) is 11.1 Å². The third-order valence-corrected chi connectivity index (χ3v) is 28.4. The highest BCUT2D eigenvalue weighted by atomic mass is 19.4. The zero-order chi connectivity index (χ0) is 91.0. The molecule has 648 valence electrons. The number of benzene rings is 20. The molecule has 0 radical (unpaired) electrons. The molecular formula is C122H73F6N9. The Morgan fingerprint density at radius 3 is 0.358 bits per heavy atom. The highest BCUT2D eigenvalue weighted by Gasteiger charge is 2.47. The lowest BCUT2D eigenvalue weighted by atomic mass is 9.99. The van der Waals surface area contributed by atoms with Gasteiger partial charge in [0.2, 0.25) is 0 Å². The number of alkyl halides is 6. The Morgan fingerprint density at radius 1 is 0.117 bits per heavy atom. The minimum Gasteiger partial charge on any atom is -0.307 e. The lowest BCUT2D eigenvalue weighted by Gasteiger charge is -2.32. The molecule has 15 heteroatoms. The Morgan fingerprint density at radius 2 is 0.219 bits per heavy atom. The van der Waals surface area contributed by atoms with E-state index in [0.717, 1.165) is 152 Å². The molecule has 0 spiro atoms. The second-order valence-corrected chi connectivity index (χ2v) is 35.4. The fourth-order valence-electron chi connectivity index (χ4n) is 23.2. The van der Waals surface area contributed by atoms with Crippen LogP contribution in [0.1, 0.15) is 11.1 Å². The third-order valence-electron chi connectivity index (χ3n) is 28.4. The standard InChI is InChI=1S/C67H40F3N5.C55H33F3N4/c68-67(69,70)61-62(71-51-31-11-1-21-41(51)42-22-2-12-32-52(42)71)64(73-55-35-15-5-25-45(55)46-26-6-16-36-56(46)73)66(75-59-39-19-9-29-49(59)50-30-10-20-40-60(50)75)65(74-57-37-17-7-27-47(57)48-28-8-18-38-58(48)74)63(61)72-53-33-13-3-23-43(53)44-24-4-14-34-54(44)72;56-55(57,58)52-53(61-46-29-13-5-21-38(46)39-22-6-14-30-47(39)61)50(59-42-25-9-1-17-34(42)35-18-2-10-26-43(35)59)33-51(60-44-27-11-3-19-36(44)37-20-4-12-28-45(37)60)54(52)62-48-31-15-7-23-40(48)41-24-8-16-32-49(41)62/h1-40H;1-33H. The number of nitrogens with zero attached hydrogens (tertiary/aromatic N) is 9. The molecule has 137 heavy (non-hydrogen) atoms. The smallest absolute Gasteiger partial charge is 0.307 e. The Hall–Kier alpha value is -17.8. The molecule has 0 amide bonds. The number of hydrogen-bond donors (Lipinski definition) is 0. The second kappa shape index (κ2) is 29.3. The first-order valence-electron chi connectivity index (χ1n) is 45.9. The van der Waals surface area contributed by atoms with Gasteiger partial charge >= 0.3 is 12.4 Å².